The molecule has 0 aliphatic carbocycles. The minimum Gasteiger partial charge on any atom is -0.339 e. The van der Waals surface area contributed by atoms with Crippen molar-refractivity contribution in [1.29, 1.82) is 0 Å². The molecule has 0 N–H and O–H groups in total. The first kappa shape index (κ1) is 12.0. The lowest BCUT2D eigenvalue weighted by Crippen LogP contribution is -2.31. The number of rotatable bonds is 3. The SMILES string of the molecule is CCN(CC)C(=O)c1cc(C)cc([SiH3])c1. The van der Waals surface area contributed by atoms with Crippen LogP contribution in [0.5, 0.6) is 0 Å². The summed E-state index contributed by atoms with van der Waals surface area (Å²) >= 11 is 0. The quantitative estimate of drug-likeness (QED) is 0.679. The molecular weight excluding hydrogens is 202 g/mol. The van der Waals surface area contributed by atoms with Crippen molar-refractivity contribution < 1.29 is 4.79 Å². The fraction of sp³-hybridized carbons (Fsp3) is 0.417. The minimum absolute atomic E-state index is 0.154. The molecule has 2 nitrogen and oxygen atoms in total. The molecule has 1 rings (SSSR count). The zero-order valence-electron chi connectivity index (χ0n) is 10.0. The molecule has 1 aromatic carbocycles. The number of benzene rings is 1. The monoisotopic (exact) mass is 221 g/mol. The van der Waals surface area contributed by atoms with E-state index in [9.17, 15) is 4.79 Å². The van der Waals surface area contributed by atoms with Crippen molar-refractivity contribution >= 4 is 21.3 Å². The normalized spacial score (nSPS) is 10.3. The molecule has 0 aliphatic heterocycles. The predicted octanol–water partition coefficient (Wildman–Crippen LogP) is 0.468. The van der Waals surface area contributed by atoms with Gasteiger partial charge in [0.15, 0.2) is 0 Å². The Morgan fingerprint density at radius 2 is 1.87 bits per heavy atom. The molecule has 0 radical (unpaired) electrons. The van der Waals surface area contributed by atoms with Crippen LogP contribution in [0.4, 0.5) is 0 Å². The maximum Gasteiger partial charge on any atom is 0.253 e. The number of nitrogens with zero attached hydrogens (tertiary/aromatic N) is 1. The van der Waals surface area contributed by atoms with E-state index < -0.39 is 0 Å². The van der Waals surface area contributed by atoms with Gasteiger partial charge in [0.05, 0.1) is 0 Å². The van der Waals surface area contributed by atoms with Gasteiger partial charge in [0.2, 0.25) is 0 Å². The predicted molar refractivity (Wildman–Crippen MR) is 68.0 cm³/mol. The van der Waals surface area contributed by atoms with Crippen LogP contribution < -0.4 is 5.19 Å². The average Bonchev–Trinajstić information content (AvgIpc) is 2.18. The molecule has 1 amide bonds. The minimum atomic E-state index is 0.154. The van der Waals surface area contributed by atoms with Crippen molar-refractivity contribution in [2.75, 3.05) is 13.1 Å². The first-order chi connectivity index (χ1) is 7.08. The molecule has 0 fully saturated rings. The number of carbonyl (C=O) groups excluding carboxylic acids is 1. The molecule has 0 atom stereocenters. The van der Waals surface area contributed by atoms with Crippen LogP contribution >= 0.6 is 0 Å². The highest BCUT2D eigenvalue weighted by molar-refractivity contribution is 6.32. The fourth-order valence-electron chi connectivity index (χ4n) is 1.79. The number of aryl methyl sites for hydroxylation is 1. The number of carbonyl (C=O) groups is 1. The Hall–Kier alpha value is -1.09. The van der Waals surface area contributed by atoms with E-state index in [4.69, 9.17) is 0 Å². The van der Waals surface area contributed by atoms with Crippen molar-refractivity contribution in [3.63, 3.8) is 0 Å². The van der Waals surface area contributed by atoms with Crippen molar-refractivity contribution in [2.24, 2.45) is 0 Å². The van der Waals surface area contributed by atoms with Gasteiger partial charge in [-0.15, -0.1) is 0 Å². The topological polar surface area (TPSA) is 20.3 Å². The van der Waals surface area contributed by atoms with Gasteiger partial charge in [0, 0.05) is 28.9 Å². The van der Waals surface area contributed by atoms with Gasteiger partial charge >= 0.3 is 0 Å². The van der Waals surface area contributed by atoms with E-state index >= 15 is 0 Å². The van der Waals surface area contributed by atoms with Gasteiger partial charge in [-0.05, 0) is 26.8 Å². The number of hydrogen-bond acceptors (Lipinski definition) is 1. The zero-order chi connectivity index (χ0) is 11.4. The fourth-order valence-corrected chi connectivity index (χ4v) is 2.56. The molecule has 0 heterocycles. The van der Waals surface area contributed by atoms with Crippen LogP contribution in [-0.2, 0) is 0 Å². The van der Waals surface area contributed by atoms with E-state index in [-0.39, 0.29) is 5.91 Å². The van der Waals surface area contributed by atoms with Crippen molar-refractivity contribution in [3.8, 4) is 0 Å². The molecule has 0 aliphatic rings. The van der Waals surface area contributed by atoms with Crippen molar-refractivity contribution in [1.82, 2.24) is 4.90 Å². The summed E-state index contributed by atoms with van der Waals surface area (Å²) in [5.74, 6) is 0.154. The Kier molecular flexibility index (Phi) is 4.09. The highest BCUT2D eigenvalue weighted by atomic mass is 28.1. The lowest BCUT2D eigenvalue weighted by molar-refractivity contribution is 0.0773. The summed E-state index contributed by atoms with van der Waals surface area (Å²) < 4.78 is 0. The van der Waals surface area contributed by atoms with Crippen molar-refractivity contribution in [3.05, 3.63) is 29.3 Å². The molecule has 0 unspecified atom stereocenters. The third-order valence-corrected chi connectivity index (χ3v) is 3.10. The van der Waals surface area contributed by atoms with E-state index in [0.29, 0.717) is 0 Å². The highest BCUT2D eigenvalue weighted by Crippen LogP contribution is 2.06. The first-order valence-corrected chi connectivity index (χ1v) is 6.46. The van der Waals surface area contributed by atoms with Gasteiger partial charge in [-0.3, -0.25) is 4.79 Å². The van der Waals surface area contributed by atoms with Crippen LogP contribution in [0.2, 0.25) is 0 Å². The Labute approximate surface area is 94.7 Å². The molecular formula is C12H19NOSi. The Morgan fingerprint density at radius 3 is 2.33 bits per heavy atom. The second kappa shape index (κ2) is 5.12. The summed E-state index contributed by atoms with van der Waals surface area (Å²) in [5, 5.41) is 1.28. The van der Waals surface area contributed by atoms with E-state index in [1.165, 1.54) is 10.8 Å². The van der Waals surface area contributed by atoms with Crippen LogP contribution in [0.15, 0.2) is 18.2 Å². The average molecular weight is 221 g/mol. The summed E-state index contributed by atoms with van der Waals surface area (Å²) in [7, 11) is 0.995. The van der Waals surface area contributed by atoms with Crippen LogP contribution in [0.1, 0.15) is 29.8 Å². The molecule has 0 saturated heterocycles. The van der Waals surface area contributed by atoms with Gasteiger partial charge in [-0.2, -0.15) is 0 Å². The largest absolute Gasteiger partial charge is 0.339 e. The zero-order valence-corrected chi connectivity index (χ0v) is 12.0. The summed E-state index contributed by atoms with van der Waals surface area (Å²) in [6.45, 7) is 7.62. The van der Waals surface area contributed by atoms with E-state index in [1.807, 2.05) is 37.8 Å². The summed E-state index contributed by atoms with van der Waals surface area (Å²) in [6, 6.07) is 6.13. The van der Waals surface area contributed by atoms with Crippen LogP contribution in [-0.4, -0.2) is 34.1 Å². The number of amides is 1. The maximum atomic E-state index is 12.1. The summed E-state index contributed by atoms with van der Waals surface area (Å²) in [6.07, 6.45) is 0. The van der Waals surface area contributed by atoms with Crippen LogP contribution in [0.25, 0.3) is 0 Å². The highest BCUT2D eigenvalue weighted by Gasteiger charge is 2.12. The second-order valence-corrected chi connectivity index (χ2v) is 5.01. The number of hydrogen-bond donors (Lipinski definition) is 0. The van der Waals surface area contributed by atoms with Crippen molar-refractivity contribution in [2.45, 2.75) is 20.8 Å². The van der Waals surface area contributed by atoms with E-state index in [2.05, 4.69) is 6.07 Å². The molecule has 0 saturated carbocycles. The van der Waals surface area contributed by atoms with Gasteiger partial charge < -0.3 is 4.90 Å². The lowest BCUT2D eigenvalue weighted by Gasteiger charge is -2.19. The van der Waals surface area contributed by atoms with E-state index in [1.54, 1.807) is 0 Å². The third-order valence-electron chi connectivity index (χ3n) is 2.52. The first-order valence-electron chi connectivity index (χ1n) is 5.46. The molecule has 0 aromatic heterocycles. The molecule has 15 heavy (non-hydrogen) atoms. The van der Waals surface area contributed by atoms with Gasteiger partial charge in [-0.1, -0.05) is 22.9 Å². The summed E-state index contributed by atoms with van der Waals surface area (Å²) in [4.78, 5) is 13.9. The molecule has 1 aromatic rings. The Balaban J connectivity index is 3.00. The Morgan fingerprint density at radius 1 is 1.27 bits per heavy atom. The summed E-state index contributed by atoms with van der Waals surface area (Å²) in [5.41, 5.74) is 2.02. The van der Waals surface area contributed by atoms with Crippen LogP contribution in [0.3, 0.4) is 0 Å². The third kappa shape index (κ3) is 2.93. The van der Waals surface area contributed by atoms with Gasteiger partial charge in [-0.25, -0.2) is 0 Å². The molecule has 0 bridgehead atoms. The van der Waals surface area contributed by atoms with Gasteiger partial charge in [0.1, 0.15) is 0 Å². The van der Waals surface area contributed by atoms with Crippen LogP contribution in [0, 0.1) is 6.92 Å². The molecule has 3 heteroatoms. The maximum absolute atomic E-state index is 12.1. The van der Waals surface area contributed by atoms with E-state index in [0.717, 1.165) is 28.9 Å². The molecule has 0 spiro atoms. The Bertz CT molecular complexity index is 338. The molecule has 82 valence electrons. The lowest BCUT2D eigenvalue weighted by atomic mass is 10.1. The smallest absolute Gasteiger partial charge is 0.253 e. The second-order valence-electron chi connectivity index (χ2n) is 3.85. The van der Waals surface area contributed by atoms with Gasteiger partial charge in [0.25, 0.3) is 5.91 Å². The standard InChI is InChI=1S/C12H19NOSi/c1-4-13(5-2)12(14)10-6-9(3)7-11(15)8-10/h6-8H,4-5H2,1-3,15H3.